The van der Waals surface area contributed by atoms with Crippen LogP contribution in [0, 0.1) is 5.82 Å². The Morgan fingerprint density at radius 3 is 2.76 bits per heavy atom. The molecule has 0 bridgehead atoms. The summed E-state index contributed by atoms with van der Waals surface area (Å²) in [5, 5.41) is 2.15. The summed E-state index contributed by atoms with van der Waals surface area (Å²) in [6.07, 6.45) is 2.03. The van der Waals surface area contributed by atoms with E-state index in [2.05, 4.69) is 23.3 Å². The third-order valence-corrected chi connectivity index (χ3v) is 6.25. The van der Waals surface area contributed by atoms with Crippen LogP contribution in [0.5, 0.6) is 0 Å². The first kappa shape index (κ1) is 18.1. The van der Waals surface area contributed by atoms with Crippen molar-refractivity contribution in [2.45, 2.75) is 38.8 Å². The summed E-state index contributed by atoms with van der Waals surface area (Å²) in [5.41, 5.74) is 2.34. The maximum absolute atomic E-state index is 13.1. The second-order valence-electron chi connectivity index (χ2n) is 6.68. The molecule has 1 aliphatic rings. The zero-order valence-corrected chi connectivity index (χ0v) is 15.9. The molecule has 3 rings (SSSR count). The van der Waals surface area contributed by atoms with Crippen LogP contribution >= 0.6 is 11.3 Å². The highest BCUT2D eigenvalue weighted by atomic mass is 32.1. The lowest BCUT2D eigenvalue weighted by Gasteiger charge is -2.36. The van der Waals surface area contributed by atoms with Crippen molar-refractivity contribution in [3.05, 3.63) is 57.5 Å². The Morgan fingerprint density at radius 1 is 1.36 bits per heavy atom. The summed E-state index contributed by atoms with van der Waals surface area (Å²) in [6, 6.07) is 8.84. The van der Waals surface area contributed by atoms with E-state index in [1.165, 1.54) is 22.6 Å². The second-order valence-corrected chi connectivity index (χ2v) is 7.68. The first-order valence-electron chi connectivity index (χ1n) is 8.82. The average molecular weight is 360 g/mol. The molecule has 0 radical (unpaired) electrons. The van der Waals surface area contributed by atoms with E-state index in [0.29, 0.717) is 12.6 Å². The minimum absolute atomic E-state index is 0.0744. The van der Waals surface area contributed by atoms with Crippen molar-refractivity contribution in [1.29, 1.82) is 0 Å². The molecule has 0 N–H and O–H groups in total. The topological polar surface area (TPSA) is 23.6 Å². The molecule has 0 spiro atoms. The molecule has 2 aromatic rings. The van der Waals surface area contributed by atoms with Gasteiger partial charge in [0.25, 0.3) is 0 Å². The van der Waals surface area contributed by atoms with E-state index in [4.69, 9.17) is 0 Å². The molecule has 1 aromatic carbocycles. The van der Waals surface area contributed by atoms with Crippen molar-refractivity contribution in [1.82, 2.24) is 9.80 Å². The van der Waals surface area contributed by atoms with Crippen molar-refractivity contribution in [3.63, 3.8) is 0 Å². The number of halogens is 1. The van der Waals surface area contributed by atoms with E-state index in [9.17, 15) is 9.18 Å². The molecule has 3 nitrogen and oxygen atoms in total. The number of hydrogen-bond acceptors (Lipinski definition) is 3. The lowest BCUT2D eigenvalue weighted by atomic mass is 9.98. The van der Waals surface area contributed by atoms with Crippen LogP contribution in [-0.2, 0) is 11.2 Å². The highest BCUT2D eigenvalue weighted by molar-refractivity contribution is 7.10. The predicted octanol–water partition coefficient (Wildman–Crippen LogP) is 4.42. The second kappa shape index (κ2) is 7.67. The Kier molecular flexibility index (Phi) is 5.54. The van der Waals surface area contributed by atoms with Crippen LogP contribution < -0.4 is 0 Å². The lowest BCUT2D eigenvalue weighted by Crippen LogP contribution is -2.43. The van der Waals surface area contributed by atoms with E-state index >= 15 is 0 Å². The normalized spacial score (nSPS) is 18.6. The number of hydrogen-bond donors (Lipinski definition) is 0. The van der Waals surface area contributed by atoms with Crippen LogP contribution in [0.4, 0.5) is 4.39 Å². The van der Waals surface area contributed by atoms with Crippen LogP contribution in [0.2, 0.25) is 0 Å². The maximum Gasteiger partial charge on any atom is 0.237 e. The number of thiophene rings is 1. The van der Waals surface area contributed by atoms with Crippen molar-refractivity contribution >= 4 is 17.2 Å². The minimum Gasteiger partial charge on any atom is -0.338 e. The molecule has 5 heteroatoms. The van der Waals surface area contributed by atoms with Gasteiger partial charge in [0.15, 0.2) is 0 Å². The Morgan fingerprint density at radius 2 is 2.08 bits per heavy atom. The highest BCUT2D eigenvalue weighted by Crippen LogP contribution is 2.35. The molecule has 0 saturated heterocycles. The summed E-state index contributed by atoms with van der Waals surface area (Å²) >= 11 is 1.82. The maximum atomic E-state index is 13.1. The fourth-order valence-corrected chi connectivity index (χ4v) is 4.51. The van der Waals surface area contributed by atoms with Gasteiger partial charge in [-0.2, -0.15) is 0 Å². The predicted molar refractivity (Wildman–Crippen MR) is 100 cm³/mol. The van der Waals surface area contributed by atoms with Crippen LogP contribution in [0.25, 0.3) is 0 Å². The zero-order valence-electron chi connectivity index (χ0n) is 15.0. The number of fused-ring (bicyclic) bond motifs is 1. The monoisotopic (exact) mass is 360 g/mol. The number of likely N-dealkylation sites (N-methyl/N-ethyl adjacent to an activating group) is 1. The van der Waals surface area contributed by atoms with Gasteiger partial charge in [0.2, 0.25) is 5.91 Å². The lowest BCUT2D eigenvalue weighted by molar-refractivity contribution is -0.133. The SMILES string of the molecule is CC[C@@H]1c2ccsc2CCN1CC(=O)N(C)[C@H](C)c1ccc(F)cc1. The number of benzene rings is 1. The third kappa shape index (κ3) is 3.77. The molecule has 1 aliphatic heterocycles. The van der Waals surface area contributed by atoms with Gasteiger partial charge < -0.3 is 4.90 Å². The van der Waals surface area contributed by atoms with E-state index < -0.39 is 0 Å². The van der Waals surface area contributed by atoms with Crippen LogP contribution in [0.3, 0.4) is 0 Å². The van der Waals surface area contributed by atoms with Gasteiger partial charge in [0.1, 0.15) is 5.82 Å². The quantitative estimate of drug-likeness (QED) is 0.788. The van der Waals surface area contributed by atoms with Gasteiger partial charge in [0, 0.05) is 24.5 Å². The molecule has 25 heavy (non-hydrogen) atoms. The van der Waals surface area contributed by atoms with Crippen molar-refractivity contribution in [2.24, 2.45) is 0 Å². The Hall–Kier alpha value is -1.72. The van der Waals surface area contributed by atoms with Crippen LogP contribution in [-0.4, -0.2) is 35.8 Å². The summed E-state index contributed by atoms with van der Waals surface area (Å²) < 4.78 is 13.1. The number of rotatable bonds is 5. The summed E-state index contributed by atoms with van der Waals surface area (Å²) in [5.74, 6) is -0.149. The molecule has 134 valence electrons. The van der Waals surface area contributed by atoms with E-state index in [1.807, 2.05) is 25.3 Å². The van der Waals surface area contributed by atoms with E-state index in [1.54, 1.807) is 17.0 Å². The number of amides is 1. The standard InChI is InChI=1S/C20H25FN2OS/c1-4-18-17-10-12-25-19(17)9-11-23(18)13-20(24)22(3)14(2)15-5-7-16(21)8-6-15/h5-8,10,12,14,18H,4,9,11,13H2,1-3H3/t14-,18-/m1/s1. The number of nitrogens with zero attached hydrogens (tertiary/aromatic N) is 2. The fraction of sp³-hybridized carbons (Fsp3) is 0.450. The third-order valence-electron chi connectivity index (χ3n) is 5.26. The summed E-state index contributed by atoms with van der Waals surface area (Å²) in [6.45, 7) is 5.52. The van der Waals surface area contributed by atoms with Gasteiger partial charge in [-0.05, 0) is 54.5 Å². The number of carbonyl (C=O) groups excluding carboxylic acids is 1. The Labute approximate surface area is 153 Å². The molecular formula is C20H25FN2OS. The smallest absolute Gasteiger partial charge is 0.237 e. The van der Waals surface area contributed by atoms with Gasteiger partial charge in [-0.1, -0.05) is 19.1 Å². The van der Waals surface area contributed by atoms with E-state index in [-0.39, 0.29) is 17.8 Å². The first-order valence-corrected chi connectivity index (χ1v) is 9.70. The Balaban J connectivity index is 1.68. The molecule has 2 heterocycles. The summed E-state index contributed by atoms with van der Waals surface area (Å²) in [7, 11) is 1.83. The Bertz CT molecular complexity index is 728. The first-order chi connectivity index (χ1) is 12.0. The minimum atomic E-state index is -0.254. The largest absolute Gasteiger partial charge is 0.338 e. The summed E-state index contributed by atoms with van der Waals surface area (Å²) in [4.78, 5) is 18.3. The van der Waals surface area contributed by atoms with Gasteiger partial charge in [-0.25, -0.2) is 4.39 Å². The average Bonchev–Trinajstić information content (AvgIpc) is 3.09. The fourth-order valence-electron chi connectivity index (χ4n) is 3.58. The van der Waals surface area contributed by atoms with Crippen molar-refractivity contribution in [2.75, 3.05) is 20.1 Å². The zero-order chi connectivity index (χ0) is 18.0. The van der Waals surface area contributed by atoms with Gasteiger partial charge >= 0.3 is 0 Å². The molecule has 0 aliphatic carbocycles. The molecule has 1 amide bonds. The van der Waals surface area contributed by atoms with Crippen LogP contribution in [0.1, 0.15) is 48.4 Å². The molecule has 0 unspecified atom stereocenters. The molecule has 2 atom stereocenters. The van der Waals surface area contributed by atoms with Crippen LogP contribution in [0.15, 0.2) is 35.7 Å². The van der Waals surface area contributed by atoms with Gasteiger partial charge in [-0.15, -0.1) is 11.3 Å². The van der Waals surface area contributed by atoms with Gasteiger partial charge in [0.05, 0.1) is 12.6 Å². The highest BCUT2D eigenvalue weighted by Gasteiger charge is 2.29. The molecular weight excluding hydrogens is 335 g/mol. The van der Waals surface area contributed by atoms with E-state index in [0.717, 1.165) is 24.9 Å². The molecule has 0 fully saturated rings. The molecule has 0 saturated carbocycles. The van der Waals surface area contributed by atoms with Crippen molar-refractivity contribution < 1.29 is 9.18 Å². The number of carbonyl (C=O) groups is 1. The molecule has 1 aromatic heterocycles. The van der Waals surface area contributed by atoms with Crippen molar-refractivity contribution in [3.8, 4) is 0 Å². The van der Waals surface area contributed by atoms with Gasteiger partial charge in [-0.3, -0.25) is 9.69 Å².